The van der Waals surface area contributed by atoms with Crippen LogP contribution < -0.4 is 5.32 Å². The van der Waals surface area contributed by atoms with E-state index in [0.29, 0.717) is 12.4 Å². The van der Waals surface area contributed by atoms with Gasteiger partial charge in [0.1, 0.15) is 5.82 Å². The van der Waals surface area contributed by atoms with Gasteiger partial charge in [0.15, 0.2) is 5.82 Å². The summed E-state index contributed by atoms with van der Waals surface area (Å²) in [7, 11) is 0. The molecule has 108 valence electrons. The molecule has 5 heteroatoms. The molecule has 1 N–H and O–H groups in total. The van der Waals surface area contributed by atoms with E-state index in [4.69, 9.17) is 0 Å². The lowest BCUT2D eigenvalue weighted by Gasteiger charge is -2.09. The number of nitrogens with one attached hydrogen (secondary N) is 1. The smallest absolute Gasteiger partial charge is 0.162 e. The van der Waals surface area contributed by atoms with Crippen molar-refractivity contribution in [3.63, 3.8) is 0 Å². The largest absolute Gasteiger partial charge is 0.366 e. The highest BCUT2D eigenvalue weighted by Gasteiger charge is 2.08. The van der Waals surface area contributed by atoms with Crippen molar-refractivity contribution in [3.05, 3.63) is 67.8 Å². The van der Waals surface area contributed by atoms with Crippen molar-refractivity contribution in [2.75, 3.05) is 11.9 Å². The highest BCUT2D eigenvalue weighted by Crippen LogP contribution is 2.23. The van der Waals surface area contributed by atoms with Gasteiger partial charge in [-0.3, -0.25) is 9.97 Å². The SMILES string of the molecule is C=CCNc1cc(-c2ccncc2)nc(-c2ccncc2)n1. The van der Waals surface area contributed by atoms with Crippen LogP contribution in [0.3, 0.4) is 0 Å². The molecule has 0 saturated heterocycles. The molecular formula is C17H15N5. The van der Waals surface area contributed by atoms with E-state index in [1.165, 1.54) is 0 Å². The van der Waals surface area contributed by atoms with Crippen LogP contribution >= 0.6 is 0 Å². The van der Waals surface area contributed by atoms with Crippen molar-refractivity contribution in [1.82, 2.24) is 19.9 Å². The maximum atomic E-state index is 4.65. The normalized spacial score (nSPS) is 10.2. The second-order valence-electron chi connectivity index (χ2n) is 4.60. The van der Waals surface area contributed by atoms with Crippen LogP contribution in [-0.4, -0.2) is 26.5 Å². The van der Waals surface area contributed by atoms with Crippen LogP contribution in [0.1, 0.15) is 0 Å². The van der Waals surface area contributed by atoms with Gasteiger partial charge in [0.2, 0.25) is 0 Å². The summed E-state index contributed by atoms with van der Waals surface area (Å²) in [6.45, 7) is 4.36. The molecule has 3 aromatic rings. The predicted molar refractivity (Wildman–Crippen MR) is 87.2 cm³/mol. The van der Waals surface area contributed by atoms with Crippen LogP contribution in [0, 0.1) is 0 Å². The topological polar surface area (TPSA) is 63.6 Å². The molecule has 5 nitrogen and oxygen atoms in total. The molecular weight excluding hydrogens is 274 g/mol. The third kappa shape index (κ3) is 3.15. The van der Waals surface area contributed by atoms with Gasteiger partial charge in [-0.15, -0.1) is 6.58 Å². The Bertz CT molecular complexity index is 699. The number of pyridine rings is 2. The Morgan fingerprint density at radius 2 is 1.55 bits per heavy atom. The Morgan fingerprint density at radius 3 is 2.18 bits per heavy atom. The van der Waals surface area contributed by atoms with Crippen LogP contribution in [0.4, 0.5) is 5.82 Å². The van der Waals surface area contributed by atoms with Gasteiger partial charge in [0, 0.05) is 48.5 Å². The minimum absolute atomic E-state index is 0.641. The van der Waals surface area contributed by atoms with Gasteiger partial charge in [-0.25, -0.2) is 9.97 Å². The van der Waals surface area contributed by atoms with Crippen LogP contribution in [0.25, 0.3) is 22.6 Å². The van der Waals surface area contributed by atoms with E-state index < -0.39 is 0 Å². The van der Waals surface area contributed by atoms with Crippen molar-refractivity contribution in [2.45, 2.75) is 0 Å². The maximum Gasteiger partial charge on any atom is 0.162 e. The van der Waals surface area contributed by atoms with Gasteiger partial charge in [-0.1, -0.05) is 6.08 Å². The predicted octanol–water partition coefficient (Wildman–Crippen LogP) is 3.20. The third-order valence-electron chi connectivity index (χ3n) is 3.07. The molecule has 0 saturated carbocycles. The summed E-state index contributed by atoms with van der Waals surface area (Å²) in [6.07, 6.45) is 8.75. The average molecular weight is 289 g/mol. The molecule has 0 fully saturated rings. The molecule has 3 aromatic heterocycles. The van der Waals surface area contributed by atoms with Gasteiger partial charge in [0.25, 0.3) is 0 Å². The van der Waals surface area contributed by atoms with Crippen LogP contribution in [-0.2, 0) is 0 Å². The Morgan fingerprint density at radius 1 is 0.909 bits per heavy atom. The van der Waals surface area contributed by atoms with Crippen LogP contribution in [0.15, 0.2) is 67.8 Å². The van der Waals surface area contributed by atoms with E-state index in [9.17, 15) is 0 Å². The monoisotopic (exact) mass is 289 g/mol. The molecule has 0 spiro atoms. The second-order valence-corrected chi connectivity index (χ2v) is 4.60. The number of anilines is 1. The molecule has 0 aliphatic heterocycles. The first kappa shape index (κ1) is 13.9. The lowest BCUT2D eigenvalue weighted by Crippen LogP contribution is -2.03. The van der Waals surface area contributed by atoms with E-state index in [1.54, 1.807) is 30.9 Å². The van der Waals surface area contributed by atoms with Crippen molar-refractivity contribution < 1.29 is 0 Å². The zero-order chi connectivity index (χ0) is 15.2. The molecule has 3 rings (SSSR count). The minimum atomic E-state index is 0.641. The Kier molecular flexibility index (Phi) is 4.15. The van der Waals surface area contributed by atoms with Crippen molar-refractivity contribution in [2.24, 2.45) is 0 Å². The molecule has 0 bridgehead atoms. The second kappa shape index (κ2) is 6.58. The summed E-state index contributed by atoms with van der Waals surface area (Å²) in [5.41, 5.74) is 2.76. The lowest BCUT2D eigenvalue weighted by molar-refractivity contribution is 1.14. The first-order chi connectivity index (χ1) is 10.9. The molecule has 0 amide bonds. The highest BCUT2D eigenvalue weighted by atomic mass is 15.0. The lowest BCUT2D eigenvalue weighted by atomic mass is 10.1. The number of nitrogens with zero attached hydrogens (tertiary/aromatic N) is 4. The number of rotatable bonds is 5. The summed E-state index contributed by atoms with van der Waals surface area (Å²) in [5.74, 6) is 1.41. The number of aromatic nitrogens is 4. The molecule has 0 atom stereocenters. The fraction of sp³-hybridized carbons (Fsp3) is 0.0588. The zero-order valence-electron chi connectivity index (χ0n) is 12.0. The molecule has 0 aliphatic carbocycles. The van der Waals surface area contributed by atoms with Gasteiger partial charge >= 0.3 is 0 Å². The molecule has 0 radical (unpaired) electrons. The van der Waals surface area contributed by atoms with Crippen molar-refractivity contribution >= 4 is 5.82 Å². The van der Waals surface area contributed by atoms with Gasteiger partial charge < -0.3 is 5.32 Å². The molecule has 0 aliphatic rings. The first-order valence-electron chi connectivity index (χ1n) is 6.91. The quantitative estimate of drug-likeness (QED) is 0.731. The summed E-state index contributed by atoms with van der Waals surface area (Å²) >= 11 is 0. The van der Waals surface area contributed by atoms with E-state index in [2.05, 4.69) is 31.8 Å². The molecule has 22 heavy (non-hydrogen) atoms. The van der Waals surface area contributed by atoms with Gasteiger partial charge in [-0.05, 0) is 24.3 Å². The highest BCUT2D eigenvalue weighted by molar-refractivity contribution is 5.67. The van der Waals surface area contributed by atoms with E-state index in [-0.39, 0.29) is 0 Å². The average Bonchev–Trinajstić information content (AvgIpc) is 2.61. The zero-order valence-corrected chi connectivity index (χ0v) is 12.0. The van der Waals surface area contributed by atoms with E-state index >= 15 is 0 Å². The Hall–Kier alpha value is -3.08. The minimum Gasteiger partial charge on any atom is -0.366 e. The maximum absolute atomic E-state index is 4.65. The fourth-order valence-corrected chi connectivity index (χ4v) is 2.02. The summed E-state index contributed by atoms with van der Waals surface area (Å²) in [5, 5.41) is 3.21. The Balaban J connectivity index is 2.08. The van der Waals surface area contributed by atoms with Crippen LogP contribution in [0.5, 0.6) is 0 Å². The van der Waals surface area contributed by atoms with Gasteiger partial charge in [0.05, 0.1) is 5.69 Å². The third-order valence-corrected chi connectivity index (χ3v) is 3.07. The van der Waals surface area contributed by atoms with Gasteiger partial charge in [-0.2, -0.15) is 0 Å². The number of hydrogen-bond donors (Lipinski definition) is 1. The van der Waals surface area contributed by atoms with Crippen molar-refractivity contribution in [3.8, 4) is 22.6 Å². The first-order valence-corrected chi connectivity index (χ1v) is 6.91. The van der Waals surface area contributed by atoms with Crippen LogP contribution in [0.2, 0.25) is 0 Å². The molecule has 3 heterocycles. The summed E-state index contributed by atoms with van der Waals surface area (Å²) in [4.78, 5) is 17.3. The van der Waals surface area contributed by atoms with E-state index in [0.717, 1.165) is 22.6 Å². The summed E-state index contributed by atoms with van der Waals surface area (Å²) in [6, 6.07) is 9.56. The standard InChI is InChI=1S/C17H15N5/c1-2-7-20-16-12-15(13-3-8-18-9-4-13)21-17(22-16)14-5-10-19-11-6-14/h2-6,8-12H,1,7H2,(H,20,21,22). The summed E-state index contributed by atoms with van der Waals surface area (Å²) < 4.78 is 0. The molecule has 0 unspecified atom stereocenters. The Labute approximate surface area is 128 Å². The molecule has 0 aromatic carbocycles. The van der Waals surface area contributed by atoms with E-state index in [1.807, 2.05) is 30.3 Å². The van der Waals surface area contributed by atoms with Crippen molar-refractivity contribution in [1.29, 1.82) is 0 Å². The fourth-order valence-electron chi connectivity index (χ4n) is 2.02. The number of hydrogen-bond acceptors (Lipinski definition) is 5.